The highest BCUT2D eigenvalue weighted by Crippen LogP contribution is 2.12. The van der Waals surface area contributed by atoms with Crippen LogP contribution in [0.3, 0.4) is 0 Å². The molecular formula is C12H16ClNO. The van der Waals surface area contributed by atoms with Gasteiger partial charge in [-0.1, -0.05) is 23.7 Å². The van der Waals surface area contributed by atoms with Crippen LogP contribution in [0.25, 0.3) is 0 Å². The Kier molecular flexibility index (Phi) is 3.89. The van der Waals surface area contributed by atoms with E-state index in [2.05, 4.69) is 0 Å². The van der Waals surface area contributed by atoms with Crippen LogP contribution in [0.15, 0.2) is 24.3 Å². The van der Waals surface area contributed by atoms with Crippen LogP contribution in [-0.4, -0.2) is 11.3 Å². The third kappa shape index (κ3) is 4.96. The molecule has 0 saturated heterocycles. The Balaban J connectivity index is 2.55. The van der Waals surface area contributed by atoms with Crippen molar-refractivity contribution in [3.63, 3.8) is 0 Å². The molecule has 3 heteroatoms. The molecule has 1 aromatic carbocycles. The normalized spacial score (nSPS) is 11.5. The predicted molar refractivity (Wildman–Crippen MR) is 63.0 cm³/mol. The van der Waals surface area contributed by atoms with Crippen LogP contribution in [-0.2, 0) is 11.2 Å². The van der Waals surface area contributed by atoms with Crippen LogP contribution < -0.4 is 5.73 Å². The third-order valence-electron chi connectivity index (χ3n) is 1.97. The molecule has 0 fully saturated rings. The van der Waals surface area contributed by atoms with Gasteiger partial charge in [-0.25, -0.2) is 0 Å². The van der Waals surface area contributed by atoms with Gasteiger partial charge in [0.1, 0.15) is 5.78 Å². The van der Waals surface area contributed by atoms with Crippen LogP contribution >= 0.6 is 11.6 Å². The molecule has 2 N–H and O–H groups in total. The van der Waals surface area contributed by atoms with E-state index in [4.69, 9.17) is 17.3 Å². The third-order valence-corrected chi connectivity index (χ3v) is 2.22. The van der Waals surface area contributed by atoms with E-state index in [9.17, 15) is 4.79 Å². The Bertz CT molecular complexity index is 338. The summed E-state index contributed by atoms with van der Waals surface area (Å²) in [7, 11) is 0. The largest absolute Gasteiger partial charge is 0.325 e. The molecule has 2 nitrogen and oxygen atoms in total. The molecule has 82 valence electrons. The zero-order valence-corrected chi connectivity index (χ0v) is 9.84. The lowest BCUT2D eigenvalue weighted by Gasteiger charge is -2.16. The summed E-state index contributed by atoms with van der Waals surface area (Å²) in [6, 6.07) is 7.31. The zero-order chi connectivity index (χ0) is 11.5. The Morgan fingerprint density at radius 1 is 1.33 bits per heavy atom. The number of hydrogen-bond acceptors (Lipinski definition) is 2. The molecule has 0 radical (unpaired) electrons. The van der Waals surface area contributed by atoms with Crippen molar-refractivity contribution in [2.75, 3.05) is 0 Å². The molecule has 1 aromatic rings. The van der Waals surface area contributed by atoms with Crippen molar-refractivity contribution in [3.05, 3.63) is 34.9 Å². The first-order valence-electron chi connectivity index (χ1n) is 4.92. The minimum absolute atomic E-state index is 0.157. The van der Waals surface area contributed by atoms with Crippen molar-refractivity contribution in [1.82, 2.24) is 0 Å². The Labute approximate surface area is 95.4 Å². The van der Waals surface area contributed by atoms with Crippen molar-refractivity contribution in [1.29, 1.82) is 0 Å². The second kappa shape index (κ2) is 4.77. The van der Waals surface area contributed by atoms with Gasteiger partial charge >= 0.3 is 0 Å². The van der Waals surface area contributed by atoms with Gasteiger partial charge in [0.05, 0.1) is 0 Å². The van der Waals surface area contributed by atoms with Crippen molar-refractivity contribution in [3.8, 4) is 0 Å². The van der Waals surface area contributed by atoms with E-state index in [1.54, 1.807) is 12.1 Å². The summed E-state index contributed by atoms with van der Waals surface area (Å²) in [4.78, 5) is 11.6. The number of Topliss-reactive ketones (excluding diaryl/α,β-unsaturated/α-hetero) is 1. The van der Waals surface area contributed by atoms with Crippen LogP contribution in [0.1, 0.15) is 25.8 Å². The van der Waals surface area contributed by atoms with E-state index >= 15 is 0 Å². The highest BCUT2D eigenvalue weighted by atomic mass is 35.5. The quantitative estimate of drug-likeness (QED) is 0.856. The first-order chi connectivity index (χ1) is 6.87. The molecule has 1 rings (SSSR count). The maximum atomic E-state index is 11.6. The van der Waals surface area contributed by atoms with Gasteiger partial charge in [0, 0.05) is 23.4 Å². The van der Waals surface area contributed by atoms with Gasteiger partial charge in [-0.05, 0) is 31.5 Å². The van der Waals surface area contributed by atoms with Crippen LogP contribution in [0, 0.1) is 0 Å². The molecule has 0 aliphatic carbocycles. The first kappa shape index (κ1) is 12.2. The van der Waals surface area contributed by atoms with Crippen molar-refractivity contribution in [2.24, 2.45) is 5.73 Å². The number of carbonyl (C=O) groups is 1. The lowest BCUT2D eigenvalue weighted by atomic mass is 9.96. The van der Waals surface area contributed by atoms with Crippen molar-refractivity contribution in [2.45, 2.75) is 32.2 Å². The van der Waals surface area contributed by atoms with Gasteiger partial charge in [0.15, 0.2) is 0 Å². The maximum Gasteiger partial charge on any atom is 0.139 e. The zero-order valence-electron chi connectivity index (χ0n) is 9.09. The summed E-state index contributed by atoms with van der Waals surface area (Å²) >= 11 is 5.75. The molecule has 0 heterocycles. The maximum absolute atomic E-state index is 11.6. The smallest absolute Gasteiger partial charge is 0.139 e. The number of rotatable bonds is 4. The number of hydrogen-bond donors (Lipinski definition) is 1. The minimum Gasteiger partial charge on any atom is -0.325 e. The minimum atomic E-state index is -0.427. The second-order valence-corrected chi connectivity index (χ2v) is 4.94. The fourth-order valence-corrected chi connectivity index (χ4v) is 1.53. The number of ketones is 1. The highest BCUT2D eigenvalue weighted by Gasteiger charge is 2.16. The van der Waals surface area contributed by atoms with Gasteiger partial charge in [-0.15, -0.1) is 0 Å². The van der Waals surface area contributed by atoms with Crippen molar-refractivity contribution < 1.29 is 4.79 Å². The van der Waals surface area contributed by atoms with Crippen LogP contribution in [0.5, 0.6) is 0 Å². The monoisotopic (exact) mass is 225 g/mol. The fraction of sp³-hybridized carbons (Fsp3) is 0.417. The standard InChI is InChI=1S/C12H16ClNO/c1-12(2,14)8-11(15)7-9-3-5-10(13)6-4-9/h3-6H,7-8,14H2,1-2H3. The molecule has 0 spiro atoms. The summed E-state index contributed by atoms with van der Waals surface area (Å²) in [5.41, 5.74) is 6.33. The van der Waals surface area contributed by atoms with E-state index in [0.29, 0.717) is 17.9 Å². The molecular weight excluding hydrogens is 210 g/mol. The lowest BCUT2D eigenvalue weighted by molar-refractivity contribution is -0.119. The summed E-state index contributed by atoms with van der Waals surface area (Å²) in [5.74, 6) is 0.157. The predicted octanol–water partition coefficient (Wildman–Crippen LogP) is 2.58. The van der Waals surface area contributed by atoms with Crippen LogP contribution in [0.2, 0.25) is 5.02 Å². The lowest BCUT2D eigenvalue weighted by Crippen LogP contribution is -2.35. The first-order valence-corrected chi connectivity index (χ1v) is 5.30. The molecule has 0 unspecified atom stereocenters. The van der Waals surface area contributed by atoms with Gasteiger partial charge in [0.2, 0.25) is 0 Å². The van der Waals surface area contributed by atoms with Crippen LogP contribution in [0.4, 0.5) is 0 Å². The summed E-state index contributed by atoms with van der Waals surface area (Å²) in [5, 5.41) is 0.686. The fourth-order valence-electron chi connectivity index (χ4n) is 1.40. The molecule has 0 aliphatic rings. The van der Waals surface area contributed by atoms with E-state index in [-0.39, 0.29) is 5.78 Å². The van der Waals surface area contributed by atoms with Gasteiger partial charge < -0.3 is 5.73 Å². The van der Waals surface area contributed by atoms with Gasteiger partial charge in [-0.3, -0.25) is 4.79 Å². The number of nitrogens with two attached hydrogens (primary N) is 1. The summed E-state index contributed by atoms with van der Waals surface area (Å²) < 4.78 is 0. The van der Waals surface area contributed by atoms with E-state index in [1.165, 1.54) is 0 Å². The Morgan fingerprint density at radius 3 is 2.33 bits per heavy atom. The highest BCUT2D eigenvalue weighted by molar-refractivity contribution is 6.30. The molecule has 15 heavy (non-hydrogen) atoms. The van der Waals surface area contributed by atoms with E-state index < -0.39 is 5.54 Å². The van der Waals surface area contributed by atoms with E-state index in [0.717, 1.165) is 5.56 Å². The molecule has 0 saturated carbocycles. The number of benzene rings is 1. The molecule has 0 bridgehead atoms. The second-order valence-electron chi connectivity index (χ2n) is 4.51. The molecule has 0 aromatic heterocycles. The van der Waals surface area contributed by atoms with Gasteiger partial charge in [0.25, 0.3) is 0 Å². The Hall–Kier alpha value is -0.860. The number of halogens is 1. The van der Waals surface area contributed by atoms with Crippen molar-refractivity contribution >= 4 is 17.4 Å². The summed E-state index contributed by atoms with van der Waals surface area (Å²) in [6.07, 6.45) is 0.827. The SMILES string of the molecule is CC(C)(N)CC(=O)Cc1ccc(Cl)cc1. The average molecular weight is 226 g/mol. The Morgan fingerprint density at radius 2 is 1.87 bits per heavy atom. The topological polar surface area (TPSA) is 43.1 Å². The van der Waals surface area contributed by atoms with E-state index in [1.807, 2.05) is 26.0 Å². The summed E-state index contributed by atoms with van der Waals surface area (Å²) in [6.45, 7) is 3.71. The molecule has 0 atom stereocenters. The number of carbonyl (C=O) groups excluding carboxylic acids is 1. The average Bonchev–Trinajstić information content (AvgIpc) is 2.05. The molecule has 0 aliphatic heterocycles. The molecule has 0 amide bonds. The van der Waals surface area contributed by atoms with Gasteiger partial charge in [-0.2, -0.15) is 0 Å².